The zero-order valence-electron chi connectivity index (χ0n) is 17.6. The molecule has 1 aliphatic rings. The summed E-state index contributed by atoms with van der Waals surface area (Å²) >= 11 is 0.721. The molecule has 194 valence electrons. The summed E-state index contributed by atoms with van der Waals surface area (Å²) in [5, 5.41) is 9.64. The highest BCUT2D eigenvalue weighted by atomic mass is 32.2. The number of ether oxygens (including phenoxy) is 1. The van der Waals surface area contributed by atoms with Crippen LogP contribution in [0.4, 0.5) is 30.7 Å². The number of hydrogen-bond donors (Lipinski definition) is 1. The summed E-state index contributed by atoms with van der Waals surface area (Å²) in [7, 11) is -4.31. The predicted octanol–water partition coefficient (Wildman–Crippen LogP) is 4.98. The molecule has 1 N–H and O–H groups in total. The van der Waals surface area contributed by atoms with E-state index in [1.54, 1.807) is 0 Å². The van der Waals surface area contributed by atoms with Crippen LogP contribution in [-0.4, -0.2) is 60.5 Å². The fourth-order valence-electron chi connectivity index (χ4n) is 3.57. The van der Waals surface area contributed by atoms with Crippen LogP contribution < -0.4 is 0 Å². The average molecular weight is 549 g/mol. The second-order valence-corrected chi connectivity index (χ2v) is 11.5. The maximum absolute atomic E-state index is 13.8. The number of carbonyl (C=O) groups is 1. The highest BCUT2D eigenvalue weighted by molar-refractivity contribution is 7.95. The molecule has 6 nitrogen and oxygen atoms in total. The van der Waals surface area contributed by atoms with Gasteiger partial charge in [-0.1, -0.05) is 6.07 Å². The van der Waals surface area contributed by atoms with E-state index in [-0.39, 0.29) is 46.4 Å². The molecule has 2 aromatic rings. The van der Waals surface area contributed by atoms with Crippen LogP contribution in [-0.2, 0) is 25.8 Å². The van der Waals surface area contributed by atoms with Crippen molar-refractivity contribution in [3.05, 3.63) is 36.0 Å². The number of carboxylic acid groups (broad SMARTS) is 1. The Labute approximate surface area is 198 Å². The summed E-state index contributed by atoms with van der Waals surface area (Å²) in [5.74, 6) is -1.50. The van der Waals surface area contributed by atoms with Crippen LogP contribution in [0, 0.1) is 0 Å². The molecule has 0 aliphatic carbocycles. The molecule has 0 spiro atoms. The van der Waals surface area contributed by atoms with E-state index in [4.69, 9.17) is 4.74 Å². The molecule has 0 bridgehead atoms. The van der Waals surface area contributed by atoms with Crippen molar-refractivity contribution in [2.45, 2.75) is 52.7 Å². The molecule has 0 atom stereocenters. The molecule has 1 saturated heterocycles. The van der Waals surface area contributed by atoms with Gasteiger partial charge < -0.3 is 9.84 Å². The highest BCUT2D eigenvalue weighted by Crippen LogP contribution is 2.49. The first kappa shape index (κ1) is 27.3. The second-order valence-electron chi connectivity index (χ2n) is 7.88. The van der Waals surface area contributed by atoms with Gasteiger partial charge in [-0.25, -0.2) is 12.8 Å². The number of rotatable bonds is 7. The van der Waals surface area contributed by atoms with Gasteiger partial charge in [-0.05, 0) is 30.2 Å². The fourth-order valence-corrected chi connectivity index (χ4v) is 7.04. The Kier molecular flexibility index (Phi) is 7.27. The van der Waals surface area contributed by atoms with Crippen molar-refractivity contribution in [3.63, 3.8) is 0 Å². The Bertz CT molecular complexity index is 1150. The normalized spacial score (nSPS) is 17.3. The number of aryl methyl sites for hydroxylation is 1. The van der Waals surface area contributed by atoms with E-state index >= 15 is 0 Å². The molecule has 0 saturated carbocycles. The number of carboxylic acids is 1. The van der Waals surface area contributed by atoms with E-state index in [1.165, 1.54) is 18.2 Å². The number of nitrogens with zero attached hydrogens (tertiary/aromatic N) is 1. The van der Waals surface area contributed by atoms with Crippen molar-refractivity contribution in [1.29, 1.82) is 0 Å². The Balaban J connectivity index is 1.81. The van der Waals surface area contributed by atoms with Gasteiger partial charge in [0.1, 0.15) is 4.21 Å². The van der Waals surface area contributed by atoms with Gasteiger partial charge in [-0.15, -0.1) is 11.3 Å². The Morgan fingerprint density at radius 1 is 1.03 bits per heavy atom. The summed E-state index contributed by atoms with van der Waals surface area (Å²) < 4.78 is 119. The van der Waals surface area contributed by atoms with E-state index in [2.05, 4.69) is 4.98 Å². The number of halogens is 7. The van der Waals surface area contributed by atoms with Crippen molar-refractivity contribution in [3.8, 4) is 10.6 Å². The lowest BCUT2D eigenvalue weighted by atomic mass is 9.95. The van der Waals surface area contributed by atoms with Gasteiger partial charge in [-0.3, -0.25) is 9.78 Å². The van der Waals surface area contributed by atoms with Crippen LogP contribution >= 0.6 is 11.3 Å². The van der Waals surface area contributed by atoms with E-state index in [0.29, 0.717) is 0 Å². The second kappa shape index (κ2) is 9.32. The highest BCUT2D eigenvalue weighted by Gasteiger charge is 2.71. The maximum atomic E-state index is 13.8. The first-order chi connectivity index (χ1) is 16.1. The average Bonchev–Trinajstić information content (AvgIpc) is 3.27. The third-order valence-electron chi connectivity index (χ3n) is 5.78. The number of aliphatic carboxylic acids is 1. The number of sulfone groups is 1. The molecular weight excluding hydrogens is 531 g/mol. The van der Waals surface area contributed by atoms with Crippen LogP contribution in [0.2, 0.25) is 0 Å². The minimum atomic E-state index is -6.14. The van der Waals surface area contributed by atoms with Gasteiger partial charge in [0.25, 0.3) is 5.67 Å². The van der Waals surface area contributed by atoms with Crippen LogP contribution in [0.15, 0.2) is 34.7 Å². The number of pyridine rings is 1. The van der Waals surface area contributed by atoms with Gasteiger partial charge in [0.2, 0.25) is 9.84 Å². The van der Waals surface area contributed by atoms with Gasteiger partial charge in [-0.2, -0.15) is 26.3 Å². The first-order valence-corrected chi connectivity index (χ1v) is 12.3. The molecule has 3 heterocycles. The topological polar surface area (TPSA) is 93.6 Å². The van der Waals surface area contributed by atoms with E-state index in [1.807, 2.05) is 0 Å². The largest absolute Gasteiger partial charge is 0.480 e. The minimum Gasteiger partial charge on any atom is -0.480 e. The number of aromatic nitrogens is 1. The minimum absolute atomic E-state index is 0.0460. The van der Waals surface area contributed by atoms with E-state index in [9.17, 15) is 49.1 Å². The van der Waals surface area contributed by atoms with E-state index in [0.717, 1.165) is 23.6 Å². The van der Waals surface area contributed by atoms with Crippen LogP contribution in [0.3, 0.4) is 0 Å². The van der Waals surface area contributed by atoms with Crippen molar-refractivity contribution in [2.24, 2.45) is 0 Å². The standard InChI is InChI=1S/C20H18F7NO5S2/c21-18(19(22,23)24,20(25,26)27)6-5-12-1-2-13(28-11-12)14-3-4-15(34-14)35(31,32)17(16(29)30)7-9-33-10-8-17/h1-4,11H,5-10H2,(H,29,30). The summed E-state index contributed by atoms with van der Waals surface area (Å²) in [6.07, 6.45) is -14.6. The smallest absolute Gasteiger partial charge is 0.431 e. The molecule has 1 aliphatic heterocycles. The van der Waals surface area contributed by atoms with Crippen LogP contribution in [0.25, 0.3) is 10.6 Å². The number of alkyl halides is 7. The third-order valence-corrected chi connectivity index (χ3v) is 9.87. The molecule has 1 fully saturated rings. The lowest BCUT2D eigenvalue weighted by Gasteiger charge is -2.31. The number of hydrogen-bond acceptors (Lipinski definition) is 6. The molecule has 3 rings (SSSR count). The zero-order valence-corrected chi connectivity index (χ0v) is 19.3. The van der Waals surface area contributed by atoms with Crippen molar-refractivity contribution >= 4 is 27.1 Å². The quantitative estimate of drug-likeness (QED) is 0.490. The molecule has 0 radical (unpaired) electrons. The molecule has 0 aromatic carbocycles. The van der Waals surface area contributed by atoms with Crippen molar-refractivity contribution in [1.82, 2.24) is 4.98 Å². The third kappa shape index (κ3) is 4.89. The van der Waals surface area contributed by atoms with Crippen molar-refractivity contribution < 1.29 is 53.8 Å². The Morgan fingerprint density at radius 3 is 2.11 bits per heavy atom. The van der Waals surface area contributed by atoms with Gasteiger partial charge in [0.15, 0.2) is 4.75 Å². The van der Waals surface area contributed by atoms with Crippen LogP contribution in [0.1, 0.15) is 24.8 Å². The van der Waals surface area contributed by atoms with Crippen LogP contribution in [0.5, 0.6) is 0 Å². The van der Waals surface area contributed by atoms with E-state index < -0.39 is 51.4 Å². The lowest BCUT2D eigenvalue weighted by Crippen LogP contribution is -2.53. The Morgan fingerprint density at radius 2 is 1.63 bits per heavy atom. The van der Waals surface area contributed by atoms with Gasteiger partial charge in [0, 0.05) is 38.7 Å². The monoisotopic (exact) mass is 549 g/mol. The Hall–Kier alpha value is -2.26. The summed E-state index contributed by atoms with van der Waals surface area (Å²) in [5.41, 5.74) is -5.32. The summed E-state index contributed by atoms with van der Waals surface area (Å²) in [4.78, 5) is 16.1. The molecule has 0 unspecified atom stereocenters. The maximum Gasteiger partial charge on any atom is 0.431 e. The molecule has 0 amide bonds. The van der Waals surface area contributed by atoms with Gasteiger partial charge >= 0.3 is 18.3 Å². The summed E-state index contributed by atoms with van der Waals surface area (Å²) in [6, 6.07) is 4.95. The fraction of sp³-hybridized carbons (Fsp3) is 0.500. The van der Waals surface area contributed by atoms with Crippen molar-refractivity contribution in [2.75, 3.05) is 13.2 Å². The first-order valence-electron chi connectivity index (χ1n) is 9.98. The lowest BCUT2D eigenvalue weighted by molar-refractivity contribution is -0.343. The van der Waals surface area contributed by atoms with Gasteiger partial charge in [0.05, 0.1) is 10.6 Å². The molecule has 15 heteroatoms. The molecule has 35 heavy (non-hydrogen) atoms. The zero-order chi connectivity index (χ0) is 26.3. The summed E-state index contributed by atoms with van der Waals surface area (Å²) in [6.45, 7) is -0.0920. The number of thiophene rings is 1. The predicted molar refractivity (Wildman–Crippen MR) is 109 cm³/mol. The molecular formula is C20H18F7NO5S2. The molecule has 2 aromatic heterocycles. The SMILES string of the molecule is O=C(O)C1(S(=O)(=O)c2ccc(-c3ccc(CCC(F)(C(F)(F)F)C(F)(F)F)cn3)s2)CCOCC1.